The normalized spacial score (nSPS) is 33.2. The molecule has 1 N–H and O–H groups in total. The van der Waals surface area contributed by atoms with Crippen LogP contribution in [0.1, 0.15) is 53.4 Å². The molecule has 0 radical (unpaired) electrons. The molecule has 0 saturated carbocycles. The third kappa shape index (κ3) is 3.76. The maximum Gasteiger partial charge on any atom is 0.0278 e. The van der Waals surface area contributed by atoms with E-state index in [0.29, 0.717) is 11.6 Å². The van der Waals surface area contributed by atoms with Crippen LogP contribution in [0.25, 0.3) is 0 Å². The second-order valence-electron chi connectivity index (χ2n) is 5.32. The second kappa shape index (κ2) is 5.86. The lowest BCUT2D eigenvalue weighted by molar-refractivity contribution is 0.0915. The molecule has 2 nitrogen and oxygen atoms in total. The fraction of sp³-hybridized carbons (Fsp3) is 1.00. The van der Waals surface area contributed by atoms with Gasteiger partial charge >= 0.3 is 0 Å². The van der Waals surface area contributed by atoms with Crippen LogP contribution >= 0.6 is 0 Å². The molecule has 0 aromatic carbocycles. The van der Waals surface area contributed by atoms with Crippen molar-refractivity contribution in [1.29, 1.82) is 0 Å². The topological polar surface area (TPSA) is 15.3 Å². The number of hydrogen-bond acceptors (Lipinski definition) is 2. The van der Waals surface area contributed by atoms with E-state index < -0.39 is 0 Å². The van der Waals surface area contributed by atoms with Crippen LogP contribution in [0.3, 0.4) is 0 Å². The third-order valence-electron chi connectivity index (χ3n) is 3.83. The number of rotatable bonds is 5. The summed E-state index contributed by atoms with van der Waals surface area (Å²) in [5.74, 6) is 0. The van der Waals surface area contributed by atoms with Gasteiger partial charge in [0, 0.05) is 24.7 Å². The first kappa shape index (κ1) is 13.0. The Balaban J connectivity index is 2.39. The molecule has 1 aliphatic heterocycles. The van der Waals surface area contributed by atoms with Crippen molar-refractivity contribution in [3.63, 3.8) is 0 Å². The Bertz CT molecular complexity index is 181. The van der Waals surface area contributed by atoms with Gasteiger partial charge in [0.05, 0.1) is 0 Å². The molecule has 0 aromatic heterocycles. The van der Waals surface area contributed by atoms with Crippen molar-refractivity contribution in [3.8, 4) is 0 Å². The Kier molecular flexibility index (Phi) is 5.07. The number of piperazine rings is 1. The summed E-state index contributed by atoms with van der Waals surface area (Å²) in [4.78, 5) is 2.66. The maximum absolute atomic E-state index is 3.67. The zero-order valence-electron chi connectivity index (χ0n) is 11.0. The molecule has 1 saturated heterocycles. The van der Waals surface area contributed by atoms with Gasteiger partial charge in [-0.1, -0.05) is 26.7 Å². The summed E-state index contributed by atoms with van der Waals surface area (Å²) in [6, 6.07) is 0.710. The fourth-order valence-corrected chi connectivity index (χ4v) is 2.28. The average molecular weight is 212 g/mol. The first-order valence-corrected chi connectivity index (χ1v) is 6.60. The number of nitrogens with one attached hydrogen (secondary N) is 1. The van der Waals surface area contributed by atoms with E-state index in [9.17, 15) is 0 Å². The van der Waals surface area contributed by atoms with Gasteiger partial charge in [-0.15, -0.1) is 0 Å². The summed E-state index contributed by atoms with van der Waals surface area (Å²) in [5, 5.41) is 3.67. The van der Waals surface area contributed by atoms with E-state index in [1.807, 2.05) is 0 Å². The van der Waals surface area contributed by atoms with Gasteiger partial charge in [0.2, 0.25) is 0 Å². The fourth-order valence-electron chi connectivity index (χ4n) is 2.28. The van der Waals surface area contributed by atoms with Gasteiger partial charge < -0.3 is 5.32 Å². The molecule has 2 heteroatoms. The van der Waals surface area contributed by atoms with Gasteiger partial charge in [-0.05, 0) is 33.2 Å². The van der Waals surface area contributed by atoms with E-state index in [-0.39, 0.29) is 0 Å². The molecule has 0 bridgehead atoms. The lowest BCUT2D eigenvalue weighted by Gasteiger charge is -2.45. The molecular weight excluding hydrogens is 184 g/mol. The molecule has 1 aliphatic rings. The van der Waals surface area contributed by atoms with E-state index in [1.165, 1.54) is 38.8 Å². The standard InChI is InChI=1S/C13H28N2/c1-5-7-8-9-15-11-13(4,6-2)14-10-12(15)3/h12,14H,5-11H2,1-4H3. The van der Waals surface area contributed by atoms with Gasteiger partial charge in [-0.3, -0.25) is 4.90 Å². The van der Waals surface area contributed by atoms with Crippen LogP contribution in [0.5, 0.6) is 0 Å². The summed E-state index contributed by atoms with van der Waals surface area (Å²) < 4.78 is 0. The molecule has 0 aromatic rings. The highest BCUT2D eigenvalue weighted by atomic mass is 15.2. The molecule has 1 heterocycles. The van der Waals surface area contributed by atoms with Crippen molar-refractivity contribution in [1.82, 2.24) is 10.2 Å². The zero-order valence-corrected chi connectivity index (χ0v) is 11.0. The summed E-state index contributed by atoms with van der Waals surface area (Å²) >= 11 is 0. The number of nitrogens with zero attached hydrogens (tertiary/aromatic N) is 1. The van der Waals surface area contributed by atoms with Crippen LogP contribution in [0.4, 0.5) is 0 Å². The minimum absolute atomic E-state index is 0.346. The summed E-state index contributed by atoms with van der Waals surface area (Å²) in [7, 11) is 0. The van der Waals surface area contributed by atoms with Crippen LogP contribution in [0, 0.1) is 0 Å². The minimum atomic E-state index is 0.346. The predicted octanol–water partition coefficient (Wildman–Crippen LogP) is 2.64. The Labute approximate surface area is 95.4 Å². The summed E-state index contributed by atoms with van der Waals surface area (Å²) in [6.07, 6.45) is 5.29. The van der Waals surface area contributed by atoms with Gasteiger partial charge in [0.1, 0.15) is 0 Å². The monoisotopic (exact) mass is 212 g/mol. The molecular formula is C13H28N2. The highest BCUT2D eigenvalue weighted by molar-refractivity contribution is 4.92. The average Bonchev–Trinajstić information content (AvgIpc) is 2.24. The molecule has 0 aliphatic carbocycles. The Morgan fingerprint density at radius 2 is 2.07 bits per heavy atom. The van der Waals surface area contributed by atoms with Crippen molar-refractivity contribution in [2.24, 2.45) is 0 Å². The van der Waals surface area contributed by atoms with Crippen LogP contribution in [-0.2, 0) is 0 Å². The number of hydrogen-bond donors (Lipinski definition) is 1. The molecule has 2 atom stereocenters. The molecule has 0 spiro atoms. The molecule has 2 unspecified atom stereocenters. The lowest BCUT2D eigenvalue weighted by atomic mass is 9.93. The summed E-state index contributed by atoms with van der Waals surface area (Å²) in [6.45, 7) is 12.9. The van der Waals surface area contributed by atoms with E-state index in [0.717, 1.165) is 6.54 Å². The van der Waals surface area contributed by atoms with Crippen molar-refractivity contribution in [2.45, 2.75) is 65.0 Å². The summed E-state index contributed by atoms with van der Waals surface area (Å²) in [5.41, 5.74) is 0.346. The SMILES string of the molecule is CCCCCN1CC(C)(CC)NCC1C. The Morgan fingerprint density at radius 1 is 1.33 bits per heavy atom. The second-order valence-corrected chi connectivity index (χ2v) is 5.32. The van der Waals surface area contributed by atoms with Gasteiger partial charge in [-0.2, -0.15) is 0 Å². The molecule has 1 fully saturated rings. The van der Waals surface area contributed by atoms with Crippen molar-refractivity contribution in [2.75, 3.05) is 19.6 Å². The van der Waals surface area contributed by atoms with Gasteiger partial charge in [0.15, 0.2) is 0 Å². The van der Waals surface area contributed by atoms with Crippen molar-refractivity contribution < 1.29 is 0 Å². The first-order valence-electron chi connectivity index (χ1n) is 6.60. The zero-order chi connectivity index (χ0) is 11.3. The largest absolute Gasteiger partial charge is 0.309 e. The lowest BCUT2D eigenvalue weighted by Crippen LogP contribution is -2.61. The van der Waals surface area contributed by atoms with E-state index >= 15 is 0 Å². The Hall–Kier alpha value is -0.0800. The highest BCUT2D eigenvalue weighted by Gasteiger charge is 2.31. The van der Waals surface area contributed by atoms with E-state index in [1.54, 1.807) is 0 Å². The van der Waals surface area contributed by atoms with Crippen molar-refractivity contribution in [3.05, 3.63) is 0 Å². The van der Waals surface area contributed by atoms with Crippen LogP contribution in [0.2, 0.25) is 0 Å². The van der Waals surface area contributed by atoms with E-state index in [2.05, 4.69) is 37.9 Å². The van der Waals surface area contributed by atoms with E-state index in [4.69, 9.17) is 0 Å². The van der Waals surface area contributed by atoms with Crippen molar-refractivity contribution >= 4 is 0 Å². The maximum atomic E-state index is 3.67. The van der Waals surface area contributed by atoms with Crippen LogP contribution in [-0.4, -0.2) is 36.1 Å². The Morgan fingerprint density at radius 3 is 2.67 bits per heavy atom. The first-order chi connectivity index (χ1) is 7.11. The quantitative estimate of drug-likeness (QED) is 0.705. The van der Waals surface area contributed by atoms with Crippen LogP contribution < -0.4 is 5.32 Å². The smallest absolute Gasteiger partial charge is 0.0278 e. The molecule has 90 valence electrons. The number of unbranched alkanes of at least 4 members (excludes halogenated alkanes) is 2. The van der Waals surface area contributed by atoms with Gasteiger partial charge in [0.25, 0.3) is 0 Å². The van der Waals surface area contributed by atoms with Crippen LogP contribution in [0.15, 0.2) is 0 Å². The minimum Gasteiger partial charge on any atom is -0.309 e. The predicted molar refractivity (Wildman–Crippen MR) is 67.3 cm³/mol. The molecule has 0 amide bonds. The van der Waals surface area contributed by atoms with Gasteiger partial charge in [-0.25, -0.2) is 0 Å². The molecule has 1 rings (SSSR count). The third-order valence-corrected chi connectivity index (χ3v) is 3.83. The highest BCUT2D eigenvalue weighted by Crippen LogP contribution is 2.19. The molecule has 15 heavy (non-hydrogen) atoms.